The van der Waals surface area contributed by atoms with Crippen LogP contribution in [0.1, 0.15) is 30.8 Å². The number of carbonyl (C=O) groups excluding carboxylic acids is 2. The maximum atomic E-state index is 12.3. The Morgan fingerprint density at radius 2 is 2.17 bits per heavy atom. The number of nitrogens with one attached hydrogen (secondary N) is 2. The van der Waals surface area contributed by atoms with Crippen molar-refractivity contribution < 1.29 is 14.0 Å². The van der Waals surface area contributed by atoms with Gasteiger partial charge in [-0.3, -0.25) is 14.3 Å². The fourth-order valence-electron chi connectivity index (χ4n) is 2.15. The number of aromatic nitrogens is 2. The third-order valence-corrected chi connectivity index (χ3v) is 3.40. The van der Waals surface area contributed by atoms with E-state index in [1.165, 1.54) is 6.26 Å². The third kappa shape index (κ3) is 4.98. The van der Waals surface area contributed by atoms with Crippen molar-refractivity contribution in [1.82, 2.24) is 20.4 Å². The van der Waals surface area contributed by atoms with E-state index in [-0.39, 0.29) is 23.5 Å². The molecule has 124 valence electrons. The largest absolute Gasteiger partial charge is 0.459 e. The number of amides is 2. The molecule has 2 rings (SSSR count). The van der Waals surface area contributed by atoms with Gasteiger partial charge in [0.25, 0.3) is 5.91 Å². The quantitative estimate of drug-likeness (QED) is 0.721. The number of rotatable bonds is 8. The van der Waals surface area contributed by atoms with E-state index in [4.69, 9.17) is 4.42 Å². The van der Waals surface area contributed by atoms with Gasteiger partial charge in [0.2, 0.25) is 5.91 Å². The van der Waals surface area contributed by atoms with Crippen molar-refractivity contribution in [2.75, 3.05) is 6.54 Å². The molecule has 2 amide bonds. The molecule has 0 saturated heterocycles. The van der Waals surface area contributed by atoms with Crippen molar-refractivity contribution in [3.63, 3.8) is 0 Å². The average molecular weight is 318 g/mol. The highest BCUT2D eigenvalue weighted by atomic mass is 16.3. The SMILES string of the molecule is CC(C)[C@H](NC(=O)c1ccco1)C(=O)NCCCn1cccn1. The summed E-state index contributed by atoms with van der Waals surface area (Å²) in [5.74, 6) is -0.414. The molecule has 0 unspecified atom stereocenters. The van der Waals surface area contributed by atoms with Gasteiger partial charge < -0.3 is 15.1 Å². The van der Waals surface area contributed by atoms with E-state index in [1.807, 2.05) is 30.8 Å². The van der Waals surface area contributed by atoms with Crippen LogP contribution in [0.25, 0.3) is 0 Å². The van der Waals surface area contributed by atoms with E-state index in [0.717, 1.165) is 13.0 Å². The first-order chi connectivity index (χ1) is 11.1. The number of nitrogens with zero attached hydrogens (tertiary/aromatic N) is 2. The minimum Gasteiger partial charge on any atom is -0.459 e. The summed E-state index contributed by atoms with van der Waals surface area (Å²) in [7, 11) is 0. The minimum atomic E-state index is -0.600. The summed E-state index contributed by atoms with van der Waals surface area (Å²) < 4.78 is 6.85. The fourth-order valence-corrected chi connectivity index (χ4v) is 2.15. The highest BCUT2D eigenvalue weighted by Gasteiger charge is 2.25. The number of aryl methyl sites for hydroxylation is 1. The van der Waals surface area contributed by atoms with Gasteiger partial charge in [-0.15, -0.1) is 0 Å². The number of hydrogen-bond acceptors (Lipinski definition) is 4. The van der Waals surface area contributed by atoms with Crippen molar-refractivity contribution in [3.05, 3.63) is 42.6 Å². The van der Waals surface area contributed by atoms with Gasteiger partial charge in [-0.25, -0.2) is 0 Å². The lowest BCUT2D eigenvalue weighted by molar-refractivity contribution is -0.123. The van der Waals surface area contributed by atoms with Crippen molar-refractivity contribution in [2.45, 2.75) is 32.9 Å². The highest BCUT2D eigenvalue weighted by Crippen LogP contribution is 2.06. The zero-order chi connectivity index (χ0) is 16.7. The number of hydrogen-bond donors (Lipinski definition) is 2. The van der Waals surface area contributed by atoms with Gasteiger partial charge in [-0.2, -0.15) is 5.10 Å². The smallest absolute Gasteiger partial charge is 0.287 e. The van der Waals surface area contributed by atoms with Crippen LogP contribution in [-0.4, -0.2) is 34.2 Å². The third-order valence-electron chi connectivity index (χ3n) is 3.40. The maximum Gasteiger partial charge on any atom is 0.287 e. The lowest BCUT2D eigenvalue weighted by atomic mass is 10.0. The van der Waals surface area contributed by atoms with Crippen LogP contribution in [0.4, 0.5) is 0 Å². The van der Waals surface area contributed by atoms with Crippen LogP contribution in [0.3, 0.4) is 0 Å². The number of furan rings is 1. The van der Waals surface area contributed by atoms with E-state index in [0.29, 0.717) is 6.54 Å². The molecule has 7 nitrogen and oxygen atoms in total. The molecule has 0 aliphatic carbocycles. The molecule has 1 atom stereocenters. The Bertz CT molecular complexity index is 605. The summed E-state index contributed by atoms with van der Waals surface area (Å²) in [6, 6.07) is 4.46. The Balaban J connectivity index is 1.79. The van der Waals surface area contributed by atoms with Crippen LogP contribution < -0.4 is 10.6 Å². The van der Waals surface area contributed by atoms with Crippen LogP contribution in [0.15, 0.2) is 41.3 Å². The topological polar surface area (TPSA) is 89.2 Å². The molecule has 0 aromatic carbocycles. The molecule has 2 N–H and O–H groups in total. The summed E-state index contributed by atoms with van der Waals surface area (Å²) in [6.07, 6.45) is 5.79. The summed E-state index contributed by atoms with van der Waals surface area (Å²) in [5.41, 5.74) is 0. The van der Waals surface area contributed by atoms with Crippen molar-refractivity contribution in [2.24, 2.45) is 5.92 Å². The first-order valence-corrected chi connectivity index (χ1v) is 7.67. The molecule has 23 heavy (non-hydrogen) atoms. The number of carbonyl (C=O) groups is 2. The Kier molecular flexibility index (Phi) is 5.96. The van der Waals surface area contributed by atoms with Gasteiger partial charge in [0.1, 0.15) is 6.04 Å². The van der Waals surface area contributed by atoms with E-state index < -0.39 is 6.04 Å². The average Bonchev–Trinajstić information content (AvgIpc) is 3.21. The molecule has 0 aliphatic rings. The van der Waals surface area contributed by atoms with Gasteiger partial charge >= 0.3 is 0 Å². The molecular weight excluding hydrogens is 296 g/mol. The molecule has 0 fully saturated rings. The highest BCUT2D eigenvalue weighted by molar-refractivity contribution is 5.95. The molecule has 0 bridgehead atoms. The fraction of sp³-hybridized carbons (Fsp3) is 0.438. The maximum absolute atomic E-state index is 12.3. The van der Waals surface area contributed by atoms with Crippen LogP contribution in [0.2, 0.25) is 0 Å². The molecular formula is C16H22N4O3. The van der Waals surface area contributed by atoms with Gasteiger partial charge in [0.05, 0.1) is 6.26 Å². The molecule has 2 heterocycles. The second kappa shape index (κ2) is 8.17. The van der Waals surface area contributed by atoms with Crippen molar-refractivity contribution in [3.8, 4) is 0 Å². The molecule has 0 aliphatic heterocycles. The first-order valence-electron chi connectivity index (χ1n) is 7.67. The molecule has 2 aromatic heterocycles. The summed E-state index contributed by atoms with van der Waals surface area (Å²) in [6.45, 7) is 5.03. The van der Waals surface area contributed by atoms with E-state index in [1.54, 1.807) is 18.3 Å². The Labute approximate surface area is 135 Å². The summed E-state index contributed by atoms with van der Waals surface area (Å²) >= 11 is 0. The van der Waals surface area contributed by atoms with Gasteiger partial charge in [0, 0.05) is 25.5 Å². The van der Waals surface area contributed by atoms with Crippen LogP contribution in [0, 0.1) is 5.92 Å². The second-order valence-corrected chi connectivity index (χ2v) is 5.59. The molecule has 0 radical (unpaired) electrons. The van der Waals surface area contributed by atoms with Gasteiger partial charge in [0.15, 0.2) is 5.76 Å². The van der Waals surface area contributed by atoms with Crippen molar-refractivity contribution >= 4 is 11.8 Å². The molecule has 0 spiro atoms. The second-order valence-electron chi connectivity index (χ2n) is 5.59. The molecule has 7 heteroatoms. The van der Waals surface area contributed by atoms with Crippen molar-refractivity contribution in [1.29, 1.82) is 0 Å². The zero-order valence-electron chi connectivity index (χ0n) is 13.4. The van der Waals surface area contributed by atoms with Crippen LogP contribution >= 0.6 is 0 Å². The predicted octanol–water partition coefficient (Wildman–Crippen LogP) is 1.44. The predicted molar refractivity (Wildman–Crippen MR) is 84.7 cm³/mol. The summed E-state index contributed by atoms with van der Waals surface area (Å²) in [4.78, 5) is 24.3. The van der Waals surface area contributed by atoms with E-state index in [9.17, 15) is 9.59 Å². The first kappa shape index (κ1) is 16.8. The molecule has 2 aromatic rings. The van der Waals surface area contributed by atoms with Gasteiger partial charge in [-0.1, -0.05) is 13.8 Å². The Hall–Kier alpha value is -2.57. The van der Waals surface area contributed by atoms with Gasteiger partial charge in [-0.05, 0) is 30.5 Å². The lowest BCUT2D eigenvalue weighted by Gasteiger charge is -2.21. The standard InChI is InChI=1S/C16H22N4O3/c1-12(2)14(19-15(21)13-6-3-11-23-13)16(22)17-7-4-9-20-10-5-8-18-20/h3,5-6,8,10-12,14H,4,7,9H2,1-2H3,(H,17,22)(H,19,21)/t14-/m0/s1. The van der Waals surface area contributed by atoms with Crippen LogP contribution in [-0.2, 0) is 11.3 Å². The van der Waals surface area contributed by atoms with E-state index >= 15 is 0 Å². The lowest BCUT2D eigenvalue weighted by Crippen LogP contribution is -2.49. The zero-order valence-corrected chi connectivity index (χ0v) is 13.4. The summed E-state index contributed by atoms with van der Waals surface area (Å²) in [5, 5.41) is 9.66. The Morgan fingerprint density at radius 3 is 2.78 bits per heavy atom. The molecule has 0 saturated carbocycles. The Morgan fingerprint density at radius 1 is 1.35 bits per heavy atom. The monoisotopic (exact) mass is 318 g/mol. The normalized spacial score (nSPS) is 12.1. The minimum absolute atomic E-state index is 0.0278. The van der Waals surface area contributed by atoms with Crippen LogP contribution in [0.5, 0.6) is 0 Å². The van der Waals surface area contributed by atoms with E-state index in [2.05, 4.69) is 15.7 Å².